The summed E-state index contributed by atoms with van der Waals surface area (Å²) in [6.45, 7) is 1.62. The lowest BCUT2D eigenvalue weighted by Crippen LogP contribution is -2.14. The van der Waals surface area contributed by atoms with Crippen molar-refractivity contribution in [3.63, 3.8) is 0 Å². The van der Waals surface area contributed by atoms with Crippen molar-refractivity contribution < 1.29 is 14.1 Å². The van der Waals surface area contributed by atoms with E-state index in [1.54, 1.807) is 6.92 Å². The van der Waals surface area contributed by atoms with E-state index in [-0.39, 0.29) is 11.3 Å². The zero-order valence-electron chi connectivity index (χ0n) is 10.5. The fourth-order valence-corrected chi connectivity index (χ4v) is 1.65. The van der Waals surface area contributed by atoms with Gasteiger partial charge in [-0.05, 0) is 24.6 Å². The quantitative estimate of drug-likeness (QED) is 0.689. The van der Waals surface area contributed by atoms with E-state index in [9.17, 15) is 19.3 Å². The van der Waals surface area contributed by atoms with Crippen LogP contribution < -0.4 is 5.32 Å². The Kier molecular flexibility index (Phi) is 3.69. The lowest BCUT2D eigenvalue weighted by Gasteiger charge is -2.08. The van der Waals surface area contributed by atoms with E-state index < -0.39 is 16.6 Å². The molecule has 0 spiro atoms. The maximum atomic E-state index is 13.4. The molecule has 0 saturated carbocycles. The van der Waals surface area contributed by atoms with Crippen LogP contribution >= 0.6 is 0 Å². The third-order valence-corrected chi connectivity index (χ3v) is 2.69. The first kappa shape index (κ1) is 13.6. The van der Waals surface area contributed by atoms with Crippen LogP contribution in [0.4, 0.5) is 15.8 Å². The first-order chi connectivity index (χ1) is 9.49. The van der Waals surface area contributed by atoms with Crippen LogP contribution in [0.25, 0.3) is 0 Å². The Morgan fingerprint density at radius 2 is 2.15 bits per heavy atom. The average molecular weight is 275 g/mol. The van der Waals surface area contributed by atoms with Crippen LogP contribution in [0.5, 0.6) is 0 Å². The molecule has 20 heavy (non-hydrogen) atoms. The number of non-ortho nitro benzene ring substituents is 1. The summed E-state index contributed by atoms with van der Waals surface area (Å²) in [6, 6.07) is 5.26. The second-order valence-corrected chi connectivity index (χ2v) is 4.07. The molecule has 102 valence electrons. The average Bonchev–Trinajstić information content (AvgIpc) is 2.41. The minimum absolute atomic E-state index is 0.0735. The van der Waals surface area contributed by atoms with E-state index >= 15 is 0 Å². The van der Waals surface area contributed by atoms with Gasteiger partial charge < -0.3 is 5.32 Å². The number of benzene rings is 1. The second kappa shape index (κ2) is 5.43. The molecule has 0 saturated heterocycles. The lowest BCUT2D eigenvalue weighted by atomic mass is 10.1. The van der Waals surface area contributed by atoms with Crippen molar-refractivity contribution in [2.45, 2.75) is 6.92 Å². The second-order valence-electron chi connectivity index (χ2n) is 4.07. The number of anilines is 1. The molecule has 1 aromatic carbocycles. The number of nitro benzene ring substituents is 1. The summed E-state index contributed by atoms with van der Waals surface area (Å²) >= 11 is 0. The number of nitrogens with one attached hydrogen (secondary N) is 1. The standard InChI is InChI=1S/C13H10FN3O3/c1-8-6-9(17(19)20)2-3-12(8)16-13(18)10-4-5-15-7-11(10)14/h2-7H,1H3,(H,16,18). The zero-order chi connectivity index (χ0) is 14.7. The summed E-state index contributed by atoms with van der Waals surface area (Å²) < 4.78 is 13.4. The Labute approximate surface area is 113 Å². The Bertz CT molecular complexity index is 688. The predicted octanol–water partition coefficient (Wildman–Crippen LogP) is 2.69. The number of halogens is 1. The molecule has 0 radical (unpaired) electrons. The third-order valence-electron chi connectivity index (χ3n) is 2.69. The van der Waals surface area contributed by atoms with E-state index in [2.05, 4.69) is 10.3 Å². The normalized spacial score (nSPS) is 10.1. The fraction of sp³-hybridized carbons (Fsp3) is 0.0769. The summed E-state index contributed by atoms with van der Waals surface area (Å²) in [7, 11) is 0. The number of nitro groups is 1. The number of amides is 1. The topological polar surface area (TPSA) is 85.1 Å². The maximum absolute atomic E-state index is 13.4. The number of nitrogens with zero attached hydrogens (tertiary/aromatic N) is 2. The molecule has 2 rings (SSSR count). The molecule has 0 aliphatic rings. The number of carbonyl (C=O) groups excluding carboxylic acids is 1. The van der Waals surface area contributed by atoms with Gasteiger partial charge in [-0.2, -0.15) is 0 Å². The van der Waals surface area contributed by atoms with Crippen LogP contribution in [-0.2, 0) is 0 Å². The Morgan fingerprint density at radius 3 is 2.75 bits per heavy atom. The van der Waals surface area contributed by atoms with Gasteiger partial charge in [0.15, 0.2) is 5.82 Å². The molecule has 6 nitrogen and oxygen atoms in total. The molecule has 0 atom stereocenters. The van der Waals surface area contributed by atoms with Crippen molar-refractivity contribution in [1.82, 2.24) is 4.98 Å². The first-order valence-electron chi connectivity index (χ1n) is 5.65. The van der Waals surface area contributed by atoms with E-state index in [0.29, 0.717) is 11.3 Å². The first-order valence-corrected chi connectivity index (χ1v) is 5.65. The van der Waals surface area contributed by atoms with Crippen LogP contribution in [0.15, 0.2) is 36.7 Å². The molecule has 1 amide bonds. The van der Waals surface area contributed by atoms with Crippen molar-refractivity contribution >= 4 is 17.3 Å². The molecule has 0 aliphatic carbocycles. The number of hydrogen-bond donors (Lipinski definition) is 1. The lowest BCUT2D eigenvalue weighted by molar-refractivity contribution is -0.384. The highest BCUT2D eigenvalue weighted by atomic mass is 19.1. The molecule has 7 heteroatoms. The Balaban J connectivity index is 2.25. The number of aromatic nitrogens is 1. The van der Waals surface area contributed by atoms with Crippen molar-refractivity contribution in [3.05, 3.63) is 63.7 Å². The minimum Gasteiger partial charge on any atom is -0.322 e. The van der Waals surface area contributed by atoms with Gasteiger partial charge in [-0.1, -0.05) is 0 Å². The fourth-order valence-electron chi connectivity index (χ4n) is 1.65. The zero-order valence-corrected chi connectivity index (χ0v) is 10.5. The van der Waals surface area contributed by atoms with Crippen LogP contribution in [0.1, 0.15) is 15.9 Å². The number of rotatable bonds is 3. The monoisotopic (exact) mass is 275 g/mol. The molecule has 0 unspecified atom stereocenters. The highest BCUT2D eigenvalue weighted by Gasteiger charge is 2.14. The van der Waals surface area contributed by atoms with Crippen molar-refractivity contribution in [2.75, 3.05) is 5.32 Å². The Hall–Kier alpha value is -2.83. The van der Waals surface area contributed by atoms with Gasteiger partial charge in [0.05, 0.1) is 16.7 Å². The molecule has 2 aromatic rings. The van der Waals surface area contributed by atoms with E-state index in [4.69, 9.17) is 0 Å². The van der Waals surface area contributed by atoms with Crippen LogP contribution in [0, 0.1) is 22.9 Å². The third kappa shape index (κ3) is 2.77. The summed E-state index contributed by atoms with van der Waals surface area (Å²) in [4.78, 5) is 25.5. The summed E-state index contributed by atoms with van der Waals surface area (Å²) in [6.07, 6.45) is 2.25. The molecule has 0 aliphatic heterocycles. The smallest absolute Gasteiger partial charge is 0.269 e. The van der Waals surface area contributed by atoms with E-state index in [1.807, 2.05) is 0 Å². The SMILES string of the molecule is Cc1cc([N+](=O)[O-])ccc1NC(=O)c1ccncc1F. The van der Waals surface area contributed by atoms with Crippen LogP contribution in [0.3, 0.4) is 0 Å². The Morgan fingerprint density at radius 1 is 1.40 bits per heavy atom. The highest BCUT2D eigenvalue weighted by Crippen LogP contribution is 2.22. The van der Waals surface area contributed by atoms with E-state index in [1.165, 1.54) is 30.5 Å². The van der Waals surface area contributed by atoms with Gasteiger partial charge in [-0.3, -0.25) is 19.9 Å². The molecular weight excluding hydrogens is 265 g/mol. The minimum atomic E-state index is -0.732. The number of carbonyl (C=O) groups is 1. The maximum Gasteiger partial charge on any atom is 0.269 e. The molecular formula is C13H10FN3O3. The summed E-state index contributed by atoms with van der Waals surface area (Å²) in [5.41, 5.74) is 0.687. The van der Waals surface area contributed by atoms with Crippen LogP contribution in [0.2, 0.25) is 0 Å². The van der Waals surface area contributed by atoms with Gasteiger partial charge in [0.2, 0.25) is 0 Å². The largest absolute Gasteiger partial charge is 0.322 e. The molecule has 1 heterocycles. The van der Waals surface area contributed by atoms with Crippen LogP contribution in [-0.4, -0.2) is 15.8 Å². The predicted molar refractivity (Wildman–Crippen MR) is 70.0 cm³/mol. The van der Waals surface area contributed by atoms with Gasteiger partial charge in [0, 0.05) is 24.0 Å². The molecule has 0 bridgehead atoms. The number of pyridine rings is 1. The van der Waals surface area contributed by atoms with Gasteiger partial charge in [0.25, 0.3) is 11.6 Å². The summed E-state index contributed by atoms with van der Waals surface area (Å²) in [5.74, 6) is -1.37. The summed E-state index contributed by atoms with van der Waals surface area (Å²) in [5, 5.41) is 13.1. The number of aryl methyl sites for hydroxylation is 1. The van der Waals surface area contributed by atoms with E-state index in [0.717, 1.165) is 6.20 Å². The van der Waals surface area contributed by atoms with Gasteiger partial charge in [0.1, 0.15) is 0 Å². The molecule has 1 N–H and O–H groups in total. The van der Waals surface area contributed by atoms with Crippen molar-refractivity contribution in [1.29, 1.82) is 0 Å². The highest BCUT2D eigenvalue weighted by molar-refractivity contribution is 6.04. The molecule has 1 aromatic heterocycles. The van der Waals surface area contributed by atoms with Crippen molar-refractivity contribution in [2.24, 2.45) is 0 Å². The van der Waals surface area contributed by atoms with Gasteiger partial charge in [-0.15, -0.1) is 0 Å². The van der Waals surface area contributed by atoms with Gasteiger partial charge in [-0.25, -0.2) is 4.39 Å². The van der Waals surface area contributed by atoms with Crippen molar-refractivity contribution in [3.8, 4) is 0 Å². The van der Waals surface area contributed by atoms with Gasteiger partial charge >= 0.3 is 0 Å². The number of hydrogen-bond acceptors (Lipinski definition) is 4. The molecule has 0 fully saturated rings.